The first-order chi connectivity index (χ1) is 16.7. The Balaban J connectivity index is 1.42. The summed E-state index contributed by atoms with van der Waals surface area (Å²) in [7, 11) is 0. The van der Waals surface area contributed by atoms with Gasteiger partial charge in [0.05, 0.1) is 12.6 Å². The molecule has 2 fully saturated rings. The Labute approximate surface area is 204 Å². The minimum atomic E-state index is 0.121. The van der Waals surface area contributed by atoms with Crippen molar-refractivity contribution in [1.82, 2.24) is 9.80 Å². The van der Waals surface area contributed by atoms with Crippen molar-refractivity contribution in [2.24, 2.45) is 0 Å². The second-order valence-corrected chi connectivity index (χ2v) is 10.0. The average Bonchev–Trinajstić information content (AvgIpc) is 3.50. The summed E-state index contributed by atoms with van der Waals surface area (Å²) < 4.78 is 17.1. The van der Waals surface area contributed by atoms with Crippen molar-refractivity contribution in [3.63, 3.8) is 0 Å². The zero-order chi connectivity index (χ0) is 23.8. The van der Waals surface area contributed by atoms with E-state index in [1.807, 2.05) is 11.0 Å². The smallest absolute Gasteiger partial charge is 0.236 e. The van der Waals surface area contributed by atoms with Crippen LogP contribution in [0.1, 0.15) is 76.2 Å². The van der Waals surface area contributed by atoms with Gasteiger partial charge in [0.15, 0.2) is 11.5 Å². The van der Waals surface area contributed by atoms with Crippen molar-refractivity contribution in [2.75, 3.05) is 46.2 Å². The number of hydrogen-bond acceptors (Lipinski definition) is 6. The fourth-order valence-corrected chi connectivity index (χ4v) is 5.55. The number of unbranched alkanes of at least 4 members (excludes halogenated alkanes) is 1. The van der Waals surface area contributed by atoms with Gasteiger partial charge in [0.25, 0.3) is 0 Å². The second kappa shape index (κ2) is 12.8. The molecule has 3 aliphatic rings. The molecule has 4 rings (SSSR count). The Hall–Kier alpha value is -1.83. The van der Waals surface area contributed by atoms with Crippen LogP contribution in [0, 0.1) is 0 Å². The van der Waals surface area contributed by atoms with Crippen LogP contribution in [0.15, 0.2) is 18.2 Å². The third kappa shape index (κ3) is 6.64. The molecular weight excluding hydrogens is 432 g/mol. The highest BCUT2D eigenvalue weighted by Gasteiger charge is 2.35. The van der Waals surface area contributed by atoms with Gasteiger partial charge in [-0.1, -0.05) is 19.4 Å². The largest absolute Gasteiger partial charge is 0.454 e. The molecule has 3 heterocycles. The molecule has 1 aromatic carbocycles. The van der Waals surface area contributed by atoms with Crippen LogP contribution in [0.2, 0.25) is 0 Å². The van der Waals surface area contributed by atoms with Crippen LogP contribution in [0.4, 0.5) is 0 Å². The number of carbonyl (C=O) groups is 1. The van der Waals surface area contributed by atoms with E-state index in [4.69, 9.17) is 14.2 Å². The highest BCUT2D eigenvalue weighted by Crippen LogP contribution is 2.39. The molecule has 34 heavy (non-hydrogen) atoms. The molecule has 190 valence electrons. The summed E-state index contributed by atoms with van der Waals surface area (Å²) in [5.41, 5.74) is 1.27. The van der Waals surface area contributed by atoms with Crippen LogP contribution in [0.3, 0.4) is 0 Å². The molecule has 1 aromatic rings. The Bertz CT molecular complexity index is 774. The summed E-state index contributed by atoms with van der Waals surface area (Å²) in [6, 6.07) is 6.65. The Morgan fingerprint density at radius 1 is 1.15 bits per heavy atom. The van der Waals surface area contributed by atoms with E-state index in [0.717, 1.165) is 69.7 Å². The van der Waals surface area contributed by atoms with Crippen LogP contribution in [0.5, 0.6) is 11.5 Å². The van der Waals surface area contributed by atoms with Crippen molar-refractivity contribution in [2.45, 2.75) is 82.8 Å². The lowest BCUT2D eigenvalue weighted by molar-refractivity contribution is -0.133. The van der Waals surface area contributed by atoms with Gasteiger partial charge in [-0.25, -0.2) is 0 Å². The maximum Gasteiger partial charge on any atom is 0.236 e. The molecular formula is C27H42N2O5. The minimum absolute atomic E-state index is 0.121. The van der Waals surface area contributed by atoms with Gasteiger partial charge < -0.3 is 24.2 Å². The third-order valence-electron chi connectivity index (χ3n) is 7.55. The predicted octanol–water partition coefficient (Wildman–Crippen LogP) is 3.93. The van der Waals surface area contributed by atoms with Crippen molar-refractivity contribution in [1.29, 1.82) is 0 Å². The lowest BCUT2D eigenvalue weighted by Crippen LogP contribution is -2.43. The Morgan fingerprint density at radius 3 is 2.79 bits per heavy atom. The van der Waals surface area contributed by atoms with Crippen molar-refractivity contribution >= 4 is 5.91 Å². The number of hydrogen-bond donors (Lipinski definition) is 1. The molecule has 0 aliphatic carbocycles. The molecule has 0 bridgehead atoms. The number of nitrogens with zero attached hydrogens (tertiary/aromatic N) is 2. The number of likely N-dealkylation sites (tertiary alicyclic amines) is 1. The monoisotopic (exact) mass is 474 g/mol. The highest BCUT2D eigenvalue weighted by atomic mass is 16.7. The number of benzene rings is 1. The zero-order valence-electron chi connectivity index (χ0n) is 20.8. The molecule has 3 aliphatic heterocycles. The third-order valence-corrected chi connectivity index (χ3v) is 7.55. The van der Waals surface area contributed by atoms with E-state index in [0.29, 0.717) is 37.6 Å². The Kier molecular flexibility index (Phi) is 9.48. The van der Waals surface area contributed by atoms with Crippen LogP contribution in [-0.4, -0.2) is 79.1 Å². The molecule has 0 radical (unpaired) electrons. The molecule has 0 aromatic heterocycles. The molecule has 0 spiro atoms. The molecule has 2 unspecified atom stereocenters. The maximum absolute atomic E-state index is 13.3. The fourth-order valence-electron chi connectivity index (χ4n) is 5.55. The normalized spacial score (nSPS) is 24.5. The van der Waals surface area contributed by atoms with Crippen LogP contribution in [-0.2, 0) is 9.53 Å². The molecule has 2 saturated heterocycles. The number of rotatable bonds is 12. The van der Waals surface area contributed by atoms with E-state index < -0.39 is 0 Å². The molecule has 7 heteroatoms. The number of fused-ring (bicyclic) bond motifs is 1. The zero-order valence-corrected chi connectivity index (χ0v) is 20.8. The second-order valence-electron chi connectivity index (χ2n) is 10.0. The first-order valence-electron chi connectivity index (χ1n) is 13.3. The number of aliphatic hydroxyl groups excluding tert-OH is 1. The maximum atomic E-state index is 13.3. The van der Waals surface area contributed by atoms with Crippen LogP contribution < -0.4 is 9.47 Å². The molecule has 3 atom stereocenters. The predicted molar refractivity (Wildman–Crippen MR) is 131 cm³/mol. The van der Waals surface area contributed by atoms with Crippen molar-refractivity contribution < 1.29 is 24.1 Å². The van der Waals surface area contributed by atoms with E-state index in [-0.39, 0.29) is 19.3 Å². The minimum Gasteiger partial charge on any atom is -0.454 e. The first-order valence-corrected chi connectivity index (χ1v) is 13.3. The van der Waals surface area contributed by atoms with Gasteiger partial charge in [-0.15, -0.1) is 0 Å². The highest BCUT2D eigenvalue weighted by molar-refractivity contribution is 5.78. The van der Waals surface area contributed by atoms with Gasteiger partial charge >= 0.3 is 0 Å². The number of amides is 1. The van der Waals surface area contributed by atoms with E-state index >= 15 is 0 Å². The summed E-state index contributed by atoms with van der Waals surface area (Å²) >= 11 is 0. The number of aliphatic hydroxyl groups is 1. The lowest BCUT2D eigenvalue weighted by Gasteiger charge is -2.30. The summed E-state index contributed by atoms with van der Waals surface area (Å²) in [5.74, 6) is 2.21. The summed E-state index contributed by atoms with van der Waals surface area (Å²) in [6.07, 6.45) is 9.82. The van der Waals surface area contributed by atoms with Gasteiger partial charge in [-0.3, -0.25) is 9.69 Å². The van der Waals surface area contributed by atoms with Gasteiger partial charge in [0, 0.05) is 38.9 Å². The van der Waals surface area contributed by atoms with Crippen LogP contribution >= 0.6 is 0 Å². The standard InChI is InChI=1S/C27H42N2O5/c1-2-3-12-28(13-6-14-30)27(31)19-29-18-22(21-8-11-25-26(17-21)34-20-33-25)16-23(29)9-10-24-7-4-5-15-32-24/h8,11,17,22-24,30H,2-7,9-10,12-16,18-20H2,1H3/t22?,23-,24?/m0/s1. The van der Waals surface area contributed by atoms with Gasteiger partial charge in [0.2, 0.25) is 12.7 Å². The molecule has 0 saturated carbocycles. The van der Waals surface area contributed by atoms with Gasteiger partial charge in [-0.2, -0.15) is 0 Å². The molecule has 7 nitrogen and oxygen atoms in total. The van der Waals surface area contributed by atoms with E-state index in [1.165, 1.54) is 18.4 Å². The first kappa shape index (κ1) is 25.3. The summed E-state index contributed by atoms with van der Waals surface area (Å²) in [5, 5.41) is 9.29. The quantitative estimate of drug-likeness (QED) is 0.495. The lowest BCUT2D eigenvalue weighted by atomic mass is 9.93. The molecule has 1 amide bonds. The van der Waals surface area contributed by atoms with Crippen molar-refractivity contribution in [3.8, 4) is 11.5 Å². The fraction of sp³-hybridized carbons (Fsp3) is 0.741. The SMILES string of the molecule is CCCCN(CCCO)C(=O)CN1CC(c2ccc3c(c2)OCO3)C[C@@H]1CCC1CCCCO1. The Morgan fingerprint density at radius 2 is 2.00 bits per heavy atom. The van der Waals surface area contributed by atoms with E-state index in [2.05, 4.69) is 24.0 Å². The number of carbonyl (C=O) groups excluding carboxylic acids is 1. The van der Waals surface area contributed by atoms with E-state index in [9.17, 15) is 9.90 Å². The molecule has 1 N–H and O–H groups in total. The van der Waals surface area contributed by atoms with Gasteiger partial charge in [0.1, 0.15) is 0 Å². The van der Waals surface area contributed by atoms with Crippen molar-refractivity contribution in [3.05, 3.63) is 23.8 Å². The topological polar surface area (TPSA) is 71.5 Å². The van der Waals surface area contributed by atoms with Crippen LogP contribution in [0.25, 0.3) is 0 Å². The number of ether oxygens (including phenoxy) is 3. The van der Waals surface area contributed by atoms with E-state index in [1.54, 1.807) is 0 Å². The van der Waals surface area contributed by atoms with Gasteiger partial charge in [-0.05, 0) is 75.0 Å². The summed E-state index contributed by atoms with van der Waals surface area (Å²) in [4.78, 5) is 17.7. The average molecular weight is 475 g/mol. The summed E-state index contributed by atoms with van der Waals surface area (Å²) in [6.45, 7) is 6.18.